The van der Waals surface area contributed by atoms with E-state index in [1.165, 1.54) is 0 Å². The van der Waals surface area contributed by atoms with Crippen molar-refractivity contribution in [3.63, 3.8) is 0 Å². The van der Waals surface area contributed by atoms with Gasteiger partial charge in [0, 0.05) is 43.3 Å². The third-order valence-corrected chi connectivity index (χ3v) is 6.58. The fraction of sp³-hybridized carbons (Fsp3) is 0.269. The molecule has 1 aromatic carbocycles. The quantitative estimate of drug-likeness (QED) is 0.390. The standard InChI is InChI=1S/C26H28N6O2/c1-17(31-12-9-19(33)10-13-31)3-8-24(27-2)30-22-6-5-20(21-16-29-26(34)25(21)22)23-7-4-18-15-28-11-14-32(18)23/h3-8,11,14-15,19,30,33H,2,9-10,12-13,16H2,1H3,(H,29,34)/b17-3+,24-8+. The highest BCUT2D eigenvalue weighted by Crippen LogP contribution is 2.35. The monoisotopic (exact) mass is 456 g/mol. The number of benzene rings is 1. The Balaban J connectivity index is 1.44. The van der Waals surface area contributed by atoms with Gasteiger partial charge in [-0.2, -0.15) is 0 Å². The van der Waals surface area contributed by atoms with Crippen LogP contribution in [0.1, 0.15) is 35.7 Å². The number of likely N-dealkylation sites (tertiary alicyclic amines) is 1. The summed E-state index contributed by atoms with van der Waals surface area (Å²) in [6.45, 7) is 7.88. The zero-order valence-corrected chi connectivity index (χ0v) is 19.2. The molecule has 34 heavy (non-hydrogen) atoms. The van der Waals surface area contributed by atoms with Crippen LogP contribution in [0.4, 0.5) is 5.69 Å². The van der Waals surface area contributed by atoms with Crippen molar-refractivity contribution in [2.45, 2.75) is 32.4 Å². The number of aliphatic imine (C=N–C) groups is 1. The number of hydrogen-bond acceptors (Lipinski definition) is 6. The Morgan fingerprint density at radius 3 is 2.88 bits per heavy atom. The van der Waals surface area contributed by atoms with Gasteiger partial charge >= 0.3 is 0 Å². The average molecular weight is 457 g/mol. The summed E-state index contributed by atoms with van der Waals surface area (Å²) >= 11 is 0. The van der Waals surface area contributed by atoms with Crippen molar-refractivity contribution in [3.05, 3.63) is 77.7 Å². The number of anilines is 1. The highest BCUT2D eigenvalue weighted by atomic mass is 16.3. The molecule has 1 saturated heterocycles. The van der Waals surface area contributed by atoms with Gasteiger partial charge in [-0.25, -0.2) is 4.99 Å². The van der Waals surface area contributed by atoms with E-state index < -0.39 is 0 Å². The predicted molar refractivity (Wildman–Crippen MR) is 134 cm³/mol. The second-order valence-corrected chi connectivity index (χ2v) is 8.65. The van der Waals surface area contributed by atoms with Crippen molar-refractivity contribution in [2.75, 3.05) is 18.4 Å². The van der Waals surface area contributed by atoms with E-state index in [2.05, 4.69) is 36.6 Å². The van der Waals surface area contributed by atoms with Gasteiger partial charge in [-0.05, 0) is 62.4 Å². The summed E-state index contributed by atoms with van der Waals surface area (Å²) < 4.78 is 2.07. The van der Waals surface area contributed by atoms with Gasteiger partial charge in [0.25, 0.3) is 5.91 Å². The van der Waals surface area contributed by atoms with Crippen LogP contribution in [0.3, 0.4) is 0 Å². The molecule has 8 nitrogen and oxygen atoms in total. The number of hydrogen-bond donors (Lipinski definition) is 3. The fourth-order valence-electron chi connectivity index (χ4n) is 4.67. The maximum Gasteiger partial charge on any atom is 0.254 e. The number of allylic oxidation sites excluding steroid dienone is 3. The van der Waals surface area contributed by atoms with Crippen molar-refractivity contribution < 1.29 is 9.90 Å². The Morgan fingerprint density at radius 2 is 2.09 bits per heavy atom. The molecule has 3 N–H and O–H groups in total. The molecular formula is C26H28N6O2. The largest absolute Gasteiger partial charge is 0.393 e. The molecule has 1 amide bonds. The summed E-state index contributed by atoms with van der Waals surface area (Å²) in [5.74, 6) is 0.453. The zero-order valence-electron chi connectivity index (χ0n) is 19.2. The SMILES string of the molecule is C=N/C(=C\C=C(/C)N1CCC(O)CC1)Nc1ccc(-c2ccc3cnccn23)c2c1C(=O)NC2. The number of aromatic nitrogens is 2. The smallest absolute Gasteiger partial charge is 0.254 e. The maximum absolute atomic E-state index is 12.8. The van der Waals surface area contributed by atoms with Crippen LogP contribution in [-0.2, 0) is 6.54 Å². The number of nitrogens with zero attached hydrogens (tertiary/aromatic N) is 4. The molecule has 2 aromatic heterocycles. The minimum atomic E-state index is -0.204. The molecule has 1 fully saturated rings. The molecule has 5 rings (SSSR count). The van der Waals surface area contributed by atoms with E-state index >= 15 is 0 Å². The van der Waals surface area contributed by atoms with Gasteiger partial charge in [-0.15, -0.1) is 0 Å². The van der Waals surface area contributed by atoms with E-state index in [1.807, 2.05) is 55.7 Å². The number of carbonyl (C=O) groups excluding carboxylic acids is 1. The van der Waals surface area contributed by atoms with E-state index in [9.17, 15) is 9.90 Å². The second-order valence-electron chi connectivity index (χ2n) is 8.65. The van der Waals surface area contributed by atoms with Crippen LogP contribution in [0.5, 0.6) is 0 Å². The first-order chi connectivity index (χ1) is 16.5. The first kappa shape index (κ1) is 21.9. The Labute approximate surface area is 198 Å². The highest BCUT2D eigenvalue weighted by molar-refractivity contribution is 6.05. The van der Waals surface area contributed by atoms with Crippen molar-refractivity contribution in [1.82, 2.24) is 19.6 Å². The summed E-state index contributed by atoms with van der Waals surface area (Å²) in [7, 11) is 0. The summed E-state index contributed by atoms with van der Waals surface area (Å²) in [5, 5.41) is 16.0. The molecule has 0 atom stereocenters. The Kier molecular flexibility index (Phi) is 5.90. The molecule has 3 aromatic rings. The zero-order chi connectivity index (χ0) is 23.7. The van der Waals surface area contributed by atoms with Gasteiger partial charge in [0.15, 0.2) is 0 Å². The van der Waals surface area contributed by atoms with E-state index in [0.717, 1.165) is 54.0 Å². The molecule has 0 radical (unpaired) electrons. The first-order valence-electron chi connectivity index (χ1n) is 11.5. The van der Waals surface area contributed by atoms with Crippen molar-refractivity contribution in [3.8, 4) is 11.3 Å². The molecule has 8 heteroatoms. The van der Waals surface area contributed by atoms with Crippen molar-refractivity contribution >= 4 is 23.8 Å². The van der Waals surface area contributed by atoms with Crippen LogP contribution in [0.2, 0.25) is 0 Å². The van der Waals surface area contributed by atoms with Gasteiger partial charge in [-0.1, -0.05) is 6.07 Å². The lowest BCUT2D eigenvalue weighted by Crippen LogP contribution is -2.34. The summed E-state index contributed by atoms with van der Waals surface area (Å²) in [4.78, 5) is 23.3. The lowest BCUT2D eigenvalue weighted by atomic mass is 9.99. The van der Waals surface area contributed by atoms with E-state index in [-0.39, 0.29) is 12.0 Å². The number of aliphatic hydroxyl groups excluding tert-OH is 1. The molecule has 2 aliphatic heterocycles. The van der Waals surface area contributed by atoms with Crippen molar-refractivity contribution in [1.29, 1.82) is 0 Å². The third kappa shape index (κ3) is 4.08. The Morgan fingerprint density at radius 1 is 1.26 bits per heavy atom. The molecular weight excluding hydrogens is 428 g/mol. The number of carbonyl (C=O) groups is 1. The van der Waals surface area contributed by atoms with Crippen LogP contribution in [0, 0.1) is 0 Å². The van der Waals surface area contributed by atoms with E-state index in [1.54, 1.807) is 6.20 Å². The maximum atomic E-state index is 12.8. The topological polar surface area (TPSA) is 94.3 Å². The molecule has 0 aliphatic carbocycles. The summed E-state index contributed by atoms with van der Waals surface area (Å²) in [6.07, 6.45) is 10.7. The van der Waals surface area contributed by atoms with Crippen LogP contribution in [0.25, 0.3) is 16.8 Å². The van der Waals surface area contributed by atoms with E-state index in [4.69, 9.17) is 0 Å². The number of piperidine rings is 1. The number of rotatable bonds is 6. The Hall–Kier alpha value is -3.91. The fourth-order valence-corrected chi connectivity index (χ4v) is 4.67. The molecule has 0 bridgehead atoms. The number of amides is 1. The minimum absolute atomic E-state index is 0.108. The van der Waals surface area contributed by atoms with Gasteiger partial charge in [0.2, 0.25) is 0 Å². The molecule has 4 heterocycles. The predicted octanol–water partition coefficient (Wildman–Crippen LogP) is 3.56. The van der Waals surface area contributed by atoms with Gasteiger partial charge in [0.05, 0.1) is 34.8 Å². The van der Waals surface area contributed by atoms with Crippen LogP contribution < -0.4 is 10.6 Å². The van der Waals surface area contributed by atoms with Gasteiger partial charge in [-0.3, -0.25) is 9.78 Å². The van der Waals surface area contributed by atoms with Gasteiger partial charge in [0.1, 0.15) is 5.82 Å². The van der Waals surface area contributed by atoms with Crippen LogP contribution in [-0.4, -0.2) is 51.2 Å². The molecule has 0 unspecified atom stereocenters. The van der Waals surface area contributed by atoms with Crippen molar-refractivity contribution in [2.24, 2.45) is 4.99 Å². The summed E-state index contributed by atoms with van der Waals surface area (Å²) in [5.41, 5.74) is 6.39. The molecule has 2 aliphatic rings. The average Bonchev–Trinajstić information content (AvgIpc) is 3.46. The highest BCUT2D eigenvalue weighted by Gasteiger charge is 2.27. The van der Waals surface area contributed by atoms with E-state index in [0.29, 0.717) is 23.6 Å². The van der Waals surface area contributed by atoms with Crippen LogP contribution in [0.15, 0.2) is 71.5 Å². The molecule has 174 valence electrons. The lowest BCUT2D eigenvalue weighted by Gasteiger charge is -2.31. The molecule has 0 spiro atoms. The Bertz CT molecular complexity index is 1310. The lowest BCUT2D eigenvalue weighted by molar-refractivity contribution is 0.0963. The molecule has 0 saturated carbocycles. The van der Waals surface area contributed by atoms with Gasteiger partial charge < -0.3 is 25.0 Å². The van der Waals surface area contributed by atoms with Crippen LogP contribution >= 0.6 is 0 Å². The number of aliphatic hydroxyl groups is 1. The number of fused-ring (bicyclic) bond motifs is 2. The number of nitrogens with one attached hydrogen (secondary N) is 2. The third-order valence-electron chi connectivity index (χ3n) is 6.58. The second kappa shape index (κ2) is 9.15. The normalized spacial score (nSPS) is 17.1. The first-order valence-corrected chi connectivity index (χ1v) is 11.5. The summed E-state index contributed by atoms with van der Waals surface area (Å²) in [6, 6.07) is 8.02. The minimum Gasteiger partial charge on any atom is -0.393 e.